The lowest BCUT2D eigenvalue weighted by Crippen LogP contribution is -2.55. The molecule has 1 aromatic carbocycles. The Balaban J connectivity index is 1.58. The van der Waals surface area contributed by atoms with Crippen molar-refractivity contribution in [2.24, 2.45) is 0 Å². The van der Waals surface area contributed by atoms with Gasteiger partial charge >= 0.3 is 0 Å². The molecule has 0 saturated carbocycles. The van der Waals surface area contributed by atoms with Gasteiger partial charge in [-0.2, -0.15) is 4.31 Å². The first-order chi connectivity index (χ1) is 12.0. The lowest BCUT2D eigenvalue weighted by Gasteiger charge is -2.29. The number of carbonyl (C=O) groups excluding carboxylic acids is 1. The van der Waals surface area contributed by atoms with Gasteiger partial charge in [0.05, 0.1) is 17.6 Å². The summed E-state index contributed by atoms with van der Waals surface area (Å²) in [4.78, 5) is 12.5. The van der Waals surface area contributed by atoms with E-state index in [4.69, 9.17) is 4.74 Å². The molecule has 2 atom stereocenters. The SMILES string of the molecule is C[C@H]1OCCN[C@@H]1C(=O)NCc1ccc(S(=O)(=O)N2CCCC2)cc1. The van der Waals surface area contributed by atoms with E-state index in [-0.39, 0.29) is 18.1 Å². The van der Waals surface area contributed by atoms with Crippen LogP contribution in [0.15, 0.2) is 29.2 Å². The van der Waals surface area contributed by atoms with Crippen LogP contribution in [0.5, 0.6) is 0 Å². The topological polar surface area (TPSA) is 87.7 Å². The largest absolute Gasteiger partial charge is 0.375 e. The highest BCUT2D eigenvalue weighted by Crippen LogP contribution is 2.21. The highest BCUT2D eigenvalue weighted by molar-refractivity contribution is 7.89. The molecular formula is C17H25N3O4S. The van der Waals surface area contributed by atoms with E-state index in [1.165, 1.54) is 4.31 Å². The Morgan fingerprint density at radius 2 is 1.96 bits per heavy atom. The molecule has 0 unspecified atom stereocenters. The number of carbonyl (C=O) groups is 1. The Morgan fingerprint density at radius 3 is 2.60 bits per heavy atom. The number of benzene rings is 1. The maximum Gasteiger partial charge on any atom is 0.243 e. The molecule has 1 aromatic rings. The van der Waals surface area contributed by atoms with Gasteiger partial charge in [-0.3, -0.25) is 4.79 Å². The molecule has 0 aromatic heterocycles. The van der Waals surface area contributed by atoms with Crippen molar-refractivity contribution in [1.29, 1.82) is 0 Å². The van der Waals surface area contributed by atoms with Crippen molar-refractivity contribution in [1.82, 2.24) is 14.9 Å². The Kier molecular flexibility index (Phi) is 5.73. The lowest BCUT2D eigenvalue weighted by atomic mass is 10.1. The van der Waals surface area contributed by atoms with Gasteiger partial charge in [0.25, 0.3) is 0 Å². The predicted molar refractivity (Wildman–Crippen MR) is 93.5 cm³/mol. The van der Waals surface area contributed by atoms with Gasteiger partial charge < -0.3 is 15.4 Å². The first-order valence-electron chi connectivity index (χ1n) is 8.70. The summed E-state index contributed by atoms with van der Waals surface area (Å²) in [5, 5.41) is 6.01. The molecule has 7 nitrogen and oxygen atoms in total. The molecule has 0 aliphatic carbocycles. The highest BCUT2D eigenvalue weighted by atomic mass is 32.2. The molecule has 2 aliphatic rings. The average molecular weight is 367 g/mol. The molecule has 2 aliphatic heterocycles. The van der Waals surface area contributed by atoms with Crippen LogP contribution >= 0.6 is 0 Å². The molecule has 2 fully saturated rings. The number of sulfonamides is 1. The van der Waals surface area contributed by atoms with Crippen LogP contribution in [0.25, 0.3) is 0 Å². The van der Waals surface area contributed by atoms with E-state index in [1.54, 1.807) is 24.3 Å². The van der Waals surface area contributed by atoms with Gasteiger partial charge in [0, 0.05) is 26.2 Å². The van der Waals surface area contributed by atoms with E-state index in [9.17, 15) is 13.2 Å². The second-order valence-corrected chi connectivity index (χ2v) is 8.42. The highest BCUT2D eigenvalue weighted by Gasteiger charge is 2.28. The van der Waals surface area contributed by atoms with Gasteiger partial charge in [-0.25, -0.2) is 8.42 Å². The zero-order valence-corrected chi connectivity index (χ0v) is 15.2. The number of nitrogens with zero attached hydrogens (tertiary/aromatic N) is 1. The van der Waals surface area contributed by atoms with Crippen LogP contribution in [0, 0.1) is 0 Å². The Labute approximate surface area is 148 Å². The molecule has 3 rings (SSSR count). The third-order valence-electron chi connectivity index (χ3n) is 4.69. The van der Waals surface area contributed by atoms with E-state index in [0.717, 1.165) is 18.4 Å². The van der Waals surface area contributed by atoms with Crippen LogP contribution in [-0.2, 0) is 26.1 Å². The van der Waals surface area contributed by atoms with Crippen molar-refractivity contribution < 1.29 is 17.9 Å². The van der Waals surface area contributed by atoms with Crippen LogP contribution in [-0.4, -0.2) is 57.0 Å². The molecule has 0 radical (unpaired) electrons. The number of hydrogen-bond acceptors (Lipinski definition) is 5. The third-order valence-corrected chi connectivity index (χ3v) is 6.60. The molecule has 2 heterocycles. The fraction of sp³-hybridized carbons (Fsp3) is 0.588. The molecular weight excluding hydrogens is 342 g/mol. The van der Waals surface area contributed by atoms with Gasteiger partial charge in [-0.05, 0) is 37.5 Å². The van der Waals surface area contributed by atoms with Crippen molar-refractivity contribution >= 4 is 15.9 Å². The Morgan fingerprint density at radius 1 is 1.28 bits per heavy atom. The summed E-state index contributed by atoms with van der Waals surface area (Å²) in [5.74, 6) is -0.110. The minimum absolute atomic E-state index is 0.110. The summed E-state index contributed by atoms with van der Waals surface area (Å²) in [6, 6.07) is 6.36. The molecule has 8 heteroatoms. The number of nitrogens with one attached hydrogen (secondary N) is 2. The van der Waals surface area contributed by atoms with Gasteiger partial charge in [0.1, 0.15) is 6.04 Å². The van der Waals surface area contributed by atoms with Gasteiger partial charge in [0.15, 0.2) is 0 Å². The van der Waals surface area contributed by atoms with E-state index >= 15 is 0 Å². The molecule has 0 bridgehead atoms. The van der Waals surface area contributed by atoms with Crippen LogP contribution in [0.4, 0.5) is 0 Å². The maximum absolute atomic E-state index is 12.5. The fourth-order valence-corrected chi connectivity index (χ4v) is 4.70. The Hall–Kier alpha value is -1.48. The van der Waals surface area contributed by atoms with Crippen molar-refractivity contribution in [2.45, 2.75) is 43.4 Å². The van der Waals surface area contributed by atoms with Crippen LogP contribution in [0.1, 0.15) is 25.3 Å². The lowest BCUT2D eigenvalue weighted by molar-refractivity contribution is -0.129. The summed E-state index contributed by atoms with van der Waals surface area (Å²) in [6.07, 6.45) is 1.67. The number of hydrogen-bond donors (Lipinski definition) is 2. The summed E-state index contributed by atoms with van der Waals surface area (Å²) in [5.41, 5.74) is 0.859. The van der Waals surface area contributed by atoms with Crippen molar-refractivity contribution in [3.63, 3.8) is 0 Å². The number of amides is 1. The van der Waals surface area contributed by atoms with E-state index in [1.807, 2.05) is 6.92 Å². The third kappa shape index (κ3) is 4.20. The normalized spacial score (nSPS) is 25.0. The number of rotatable bonds is 5. The van der Waals surface area contributed by atoms with Crippen LogP contribution in [0.3, 0.4) is 0 Å². The molecule has 2 saturated heterocycles. The molecule has 138 valence electrons. The monoisotopic (exact) mass is 367 g/mol. The van der Waals surface area contributed by atoms with Gasteiger partial charge in [-0.15, -0.1) is 0 Å². The van der Waals surface area contributed by atoms with Gasteiger partial charge in [-0.1, -0.05) is 12.1 Å². The van der Waals surface area contributed by atoms with Crippen molar-refractivity contribution in [3.05, 3.63) is 29.8 Å². The second kappa shape index (κ2) is 7.82. The van der Waals surface area contributed by atoms with Crippen molar-refractivity contribution in [2.75, 3.05) is 26.2 Å². The zero-order chi connectivity index (χ0) is 17.9. The van der Waals surface area contributed by atoms with Crippen LogP contribution < -0.4 is 10.6 Å². The van der Waals surface area contributed by atoms with E-state index < -0.39 is 10.0 Å². The van der Waals surface area contributed by atoms with Gasteiger partial charge in [0.2, 0.25) is 15.9 Å². The Bertz CT molecular complexity index is 699. The predicted octanol–water partition coefficient (Wildman–Crippen LogP) is 0.464. The first kappa shape index (κ1) is 18.3. The standard InChI is InChI=1S/C17H25N3O4S/c1-13-16(18-8-11-24-13)17(21)19-12-14-4-6-15(7-5-14)25(22,23)20-9-2-3-10-20/h4-7,13,16,18H,2-3,8-12H2,1H3,(H,19,21)/t13-,16+/m1/s1. The maximum atomic E-state index is 12.5. The summed E-state index contributed by atoms with van der Waals surface area (Å²) in [7, 11) is -3.39. The molecule has 1 amide bonds. The number of ether oxygens (including phenoxy) is 1. The zero-order valence-electron chi connectivity index (χ0n) is 14.4. The summed E-state index contributed by atoms with van der Waals surface area (Å²) < 4.78 is 32.0. The minimum atomic E-state index is -3.39. The average Bonchev–Trinajstić information content (AvgIpc) is 3.16. The number of morpholine rings is 1. The minimum Gasteiger partial charge on any atom is -0.375 e. The quantitative estimate of drug-likeness (QED) is 0.790. The van der Waals surface area contributed by atoms with Crippen LogP contribution in [0.2, 0.25) is 0 Å². The van der Waals surface area contributed by atoms with Crippen molar-refractivity contribution in [3.8, 4) is 0 Å². The smallest absolute Gasteiger partial charge is 0.243 e. The van der Waals surface area contributed by atoms with E-state index in [2.05, 4.69) is 10.6 Å². The molecule has 2 N–H and O–H groups in total. The molecule has 25 heavy (non-hydrogen) atoms. The van der Waals surface area contributed by atoms with E-state index in [0.29, 0.717) is 37.7 Å². The summed E-state index contributed by atoms with van der Waals surface area (Å²) >= 11 is 0. The molecule has 0 spiro atoms. The second-order valence-electron chi connectivity index (χ2n) is 6.48. The summed E-state index contributed by atoms with van der Waals surface area (Å²) in [6.45, 7) is 4.68. The first-order valence-corrected chi connectivity index (χ1v) is 10.1. The fourth-order valence-electron chi connectivity index (χ4n) is 3.18.